The monoisotopic (exact) mass is 327 g/mol. The summed E-state index contributed by atoms with van der Waals surface area (Å²) in [6.45, 7) is 1.90. The zero-order valence-corrected chi connectivity index (χ0v) is 13.5. The van der Waals surface area contributed by atoms with Gasteiger partial charge in [0, 0.05) is 11.8 Å². The van der Waals surface area contributed by atoms with E-state index in [2.05, 4.69) is 0 Å². The lowest BCUT2D eigenvalue weighted by atomic mass is 9.66. The van der Waals surface area contributed by atoms with E-state index in [4.69, 9.17) is 0 Å². The number of aryl methyl sites for hydroxylation is 1. The van der Waals surface area contributed by atoms with Crippen molar-refractivity contribution in [1.82, 2.24) is 4.31 Å². The van der Waals surface area contributed by atoms with Crippen LogP contribution in [0.3, 0.4) is 0 Å². The van der Waals surface area contributed by atoms with Crippen molar-refractivity contribution < 1.29 is 13.2 Å². The summed E-state index contributed by atoms with van der Waals surface area (Å²) >= 11 is 0. The summed E-state index contributed by atoms with van der Waals surface area (Å²) in [6, 6.07) is 6.20. The van der Waals surface area contributed by atoms with Crippen LogP contribution in [0.15, 0.2) is 65.6 Å². The molecule has 0 aromatic heterocycles. The van der Waals surface area contributed by atoms with Gasteiger partial charge in [-0.2, -0.15) is 0 Å². The van der Waals surface area contributed by atoms with E-state index in [1.54, 1.807) is 24.3 Å². The van der Waals surface area contributed by atoms with Gasteiger partial charge in [-0.3, -0.25) is 4.79 Å². The maximum Gasteiger partial charge on any atom is 0.267 e. The summed E-state index contributed by atoms with van der Waals surface area (Å²) < 4.78 is 27.2. The van der Waals surface area contributed by atoms with Gasteiger partial charge in [0.1, 0.15) is 0 Å². The predicted octanol–water partition coefficient (Wildman–Crippen LogP) is 2.44. The van der Waals surface area contributed by atoms with Crippen LogP contribution in [0.4, 0.5) is 0 Å². The largest absolute Gasteiger partial charge is 0.273 e. The van der Waals surface area contributed by atoms with E-state index >= 15 is 0 Å². The molecule has 0 unspecified atom stereocenters. The van der Waals surface area contributed by atoms with Gasteiger partial charge in [-0.1, -0.05) is 54.2 Å². The Labute approximate surface area is 135 Å². The Kier molecular flexibility index (Phi) is 3.10. The Hall–Kier alpha value is -2.14. The average molecular weight is 327 g/mol. The molecule has 4 nitrogen and oxygen atoms in total. The molecule has 5 heteroatoms. The third-order valence-electron chi connectivity index (χ3n) is 4.90. The molecule has 118 valence electrons. The fraction of sp³-hybridized carbons (Fsp3) is 0.278. The smallest absolute Gasteiger partial charge is 0.267 e. The number of allylic oxidation sites excluding steroid dienone is 3. The van der Waals surface area contributed by atoms with E-state index in [-0.39, 0.29) is 22.6 Å². The van der Waals surface area contributed by atoms with E-state index in [1.807, 2.05) is 43.4 Å². The Bertz CT molecular complexity index is 849. The molecule has 0 saturated carbocycles. The van der Waals surface area contributed by atoms with Gasteiger partial charge in [-0.15, -0.1) is 0 Å². The molecule has 4 rings (SSSR count). The number of carbonyl (C=O) groups excluding carboxylic acids is 1. The van der Waals surface area contributed by atoms with Crippen LogP contribution < -0.4 is 0 Å². The molecule has 3 aliphatic rings. The van der Waals surface area contributed by atoms with Crippen molar-refractivity contribution in [2.75, 3.05) is 0 Å². The van der Waals surface area contributed by atoms with E-state index in [1.165, 1.54) is 0 Å². The molecule has 4 atom stereocenters. The predicted molar refractivity (Wildman–Crippen MR) is 86.9 cm³/mol. The lowest BCUT2D eigenvalue weighted by Gasteiger charge is -2.48. The molecule has 1 aliphatic carbocycles. The van der Waals surface area contributed by atoms with Crippen molar-refractivity contribution in [3.05, 3.63) is 66.3 Å². The summed E-state index contributed by atoms with van der Waals surface area (Å²) in [4.78, 5) is 13.0. The SMILES string of the molecule is Cc1ccc(S(=O)(=O)N2C(=O)[C@H]3C=C/C=C\[C@@H]2[C@H]2C=C[C@H]23)cc1. The van der Waals surface area contributed by atoms with Crippen LogP contribution in [-0.4, -0.2) is 24.7 Å². The molecular formula is C18H17NO3S. The van der Waals surface area contributed by atoms with Gasteiger partial charge in [0.15, 0.2) is 0 Å². The lowest BCUT2D eigenvalue weighted by Crippen LogP contribution is -2.59. The molecule has 1 aromatic rings. The molecule has 1 fully saturated rings. The summed E-state index contributed by atoms with van der Waals surface area (Å²) in [5, 5.41) is 0. The molecule has 1 amide bonds. The number of piperidine rings is 1. The van der Waals surface area contributed by atoms with Crippen LogP contribution >= 0.6 is 0 Å². The second kappa shape index (κ2) is 4.93. The molecule has 1 saturated heterocycles. The van der Waals surface area contributed by atoms with Crippen molar-refractivity contribution in [2.24, 2.45) is 17.8 Å². The highest BCUT2D eigenvalue weighted by Gasteiger charge is 2.52. The molecule has 0 N–H and O–H groups in total. The summed E-state index contributed by atoms with van der Waals surface area (Å²) in [7, 11) is -3.86. The van der Waals surface area contributed by atoms with Gasteiger partial charge in [-0.25, -0.2) is 12.7 Å². The number of benzene rings is 1. The van der Waals surface area contributed by atoms with Gasteiger partial charge < -0.3 is 0 Å². The van der Waals surface area contributed by atoms with Crippen LogP contribution in [0.2, 0.25) is 0 Å². The van der Waals surface area contributed by atoms with Crippen LogP contribution in [0.5, 0.6) is 0 Å². The number of carbonyl (C=O) groups is 1. The fourth-order valence-corrected chi connectivity index (χ4v) is 5.16. The number of hydrogen-bond acceptors (Lipinski definition) is 3. The number of sulfonamides is 1. The Balaban J connectivity index is 1.83. The van der Waals surface area contributed by atoms with Gasteiger partial charge in [0.05, 0.1) is 16.9 Å². The van der Waals surface area contributed by atoms with Crippen molar-refractivity contribution in [3.8, 4) is 0 Å². The quantitative estimate of drug-likeness (QED) is 0.784. The first-order chi connectivity index (χ1) is 11.0. The van der Waals surface area contributed by atoms with Crippen LogP contribution in [0, 0.1) is 24.7 Å². The minimum atomic E-state index is -3.86. The summed E-state index contributed by atoms with van der Waals surface area (Å²) in [5.74, 6) is -0.550. The molecule has 23 heavy (non-hydrogen) atoms. The van der Waals surface area contributed by atoms with E-state index in [0.717, 1.165) is 9.87 Å². The zero-order chi connectivity index (χ0) is 16.2. The summed E-state index contributed by atoms with van der Waals surface area (Å²) in [6.07, 6.45) is 11.3. The van der Waals surface area contributed by atoms with Crippen LogP contribution in [0.25, 0.3) is 0 Å². The highest BCUT2D eigenvalue weighted by molar-refractivity contribution is 7.89. The normalized spacial score (nSPS) is 32.9. The number of amides is 1. The second-order valence-corrected chi connectivity index (χ2v) is 8.09. The van der Waals surface area contributed by atoms with Gasteiger partial charge in [0.2, 0.25) is 5.91 Å². The molecule has 0 radical (unpaired) electrons. The molecule has 0 spiro atoms. The second-order valence-electron chi connectivity index (χ2n) is 6.28. The lowest BCUT2D eigenvalue weighted by molar-refractivity contribution is -0.136. The highest BCUT2D eigenvalue weighted by Crippen LogP contribution is 2.45. The molecule has 2 heterocycles. The average Bonchev–Trinajstić information content (AvgIpc) is 2.46. The van der Waals surface area contributed by atoms with Crippen molar-refractivity contribution in [3.63, 3.8) is 0 Å². The van der Waals surface area contributed by atoms with Gasteiger partial charge in [-0.05, 0) is 19.1 Å². The standard InChI is InChI=1S/C18H17NO3S/c1-12-6-8-13(9-7-12)23(21,22)19-17-5-3-2-4-16(18(19)20)14-10-11-15(14)17/h2-11,14-17H,1H3/b4-2?,5-3-/t14-,15+,16+,17-/m1/s1. The maximum absolute atomic E-state index is 13.1. The fourth-order valence-electron chi connectivity index (χ4n) is 3.56. The van der Waals surface area contributed by atoms with Gasteiger partial charge >= 0.3 is 0 Å². The number of rotatable bonds is 2. The van der Waals surface area contributed by atoms with E-state index in [0.29, 0.717) is 0 Å². The van der Waals surface area contributed by atoms with Crippen molar-refractivity contribution in [2.45, 2.75) is 17.9 Å². The van der Waals surface area contributed by atoms with Crippen LogP contribution in [0.1, 0.15) is 5.56 Å². The Morgan fingerprint density at radius 2 is 1.57 bits per heavy atom. The minimum absolute atomic E-state index is 0.0686. The first-order valence-corrected chi connectivity index (χ1v) is 9.12. The number of nitrogens with zero attached hydrogens (tertiary/aromatic N) is 1. The minimum Gasteiger partial charge on any atom is -0.273 e. The third kappa shape index (κ3) is 2.03. The third-order valence-corrected chi connectivity index (χ3v) is 6.71. The maximum atomic E-state index is 13.1. The molecule has 2 bridgehead atoms. The molecule has 1 aromatic carbocycles. The highest BCUT2D eigenvalue weighted by atomic mass is 32.2. The van der Waals surface area contributed by atoms with E-state index < -0.39 is 22.0 Å². The first kappa shape index (κ1) is 14.5. The molecule has 2 aliphatic heterocycles. The topological polar surface area (TPSA) is 54.5 Å². The Morgan fingerprint density at radius 3 is 2.22 bits per heavy atom. The summed E-state index contributed by atoms with van der Waals surface area (Å²) in [5.41, 5.74) is 0.981. The van der Waals surface area contributed by atoms with E-state index in [9.17, 15) is 13.2 Å². The molecular weight excluding hydrogens is 310 g/mol. The van der Waals surface area contributed by atoms with Crippen molar-refractivity contribution in [1.29, 1.82) is 0 Å². The van der Waals surface area contributed by atoms with Crippen LogP contribution in [-0.2, 0) is 14.8 Å². The van der Waals surface area contributed by atoms with Crippen molar-refractivity contribution >= 4 is 15.9 Å². The first-order valence-electron chi connectivity index (χ1n) is 7.68. The zero-order valence-electron chi connectivity index (χ0n) is 12.7. The number of fused-ring (bicyclic) bond motifs is 6. The Morgan fingerprint density at radius 1 is 0.913 bits per heavy atom. The number of hydrogen-bond donors (Lipinski definition) is 0. The van der Waals surface area contributed by atoms with Gasteiger partial charge in [0.25, 0.3) is 10.0 Å².